The van der Waals surface area contributed by atoms with E-state index in [1.54, 1.807) is 6.92 Å². The molecule has 2 rings (SSSR count). The number of amides is 1. The number of carbonyl (C=O) groups excluding carboxylic acids is 1. The highest BCUT2D eigenvalue weighted by Gasteiger charge is 2.46. The van der Waals surface area contributed by atoms with Crippen molar-refractivity contribution in [2.24, 2.45) is 10.6 Å². The van der Waals surface area contributed by atoms with Crippen LogP contribution in [0.15, 0.2) is 11.0 Å². The zero-order valence-corrected chi connectivity index (χ0v) is 12.1. The SMILES string of the molecule is Cc1sc(C(=O)NC2CC2(C)C)cc1S(N)(=O)=O. The largest absolute Gasteiger partial charge is 0.348 e. The summed E-state index contributed by atoms with van der Waals surface area (Å²) in [6.07, 6.45) is 0.950. The molecular weight excluding hydrogens is 272 g/mol. The minimum Gasteiger partial charge on any atom is -0.348 e. The summed E-state index contributed by atoms with van der Waals surface area (Å²) in [5.41, 5.74) is 0.144. The van der Waals surface area contributed by atoms with Crippen LogP contribution in [0, 0.1) is 12.3 Å². The summed E-state index contributed by atoms with van der Waals surface area (Å²) in [4.78, 5) is 12.9. The van der Waals surface area contributed by atoms with Crippen LogP contribution in [0.2, 0.25) is 0 Å². The van der Waals surface area contributed by atoms with Crippen molar-refractivity contribution in [3.63, 3.8) is 0 Å². The van der Waals surface area contributed by atoms with Crippen molar-refractivity contribution in [1.29, 1.82) is 0 Å². The van der Waals surface area contributed by atoms with Crippen molar-refractivity contribution in [2.45, 2.75) is 38.1 Å². The molecule has 0 aromatic carbocycles. The predicted octanol–water partition coefficient (Wildman–Crippen LogP) is 1.23. The van der Waals surface area contributed by atoms with Gasteiger partial charge >= 0.3 is 0 Å². The standard InChI is InChI=1S/C11H16N2O3S2/c1-6-8(18(12,15)16)4-7(17-6)10(14)13-9-5-11(9,2)3/h4,9H,5H2,1-3H3,(H,13,14)(H2,12,15,16). The Balaban J connectivity index is 2.18. The van der Waals surface area contributed by atoms with Crippen LogP contribution in [0.5, 0.6) is 0 Å². The van der Waals surface area contributed by atoms with Gasteiger partial charge in [0.05, 0.1) is 9.77 Å². The van der Waals surface area contributed by atoms with Gasteiger partial charge in [-0.3, -0.25) is 4.79 Å². The van der Waals surface area contributed by atoms with Crippen LogP contribution in [0.1, 0.15) is 34.8 Å². The molecule has 7 heteroatoms. The van der Waals surface area contributed by atoms with Gasteiger partial charge in [-0.1, -0.05) is 13.8 Å². The summed E-state index contributed by atoms with van der Waals surface area (Å²) in [6.45, 7) is 5.79. The van der Waals surface area contributed by atoms with Crippen molar-refractivity contribution in [2.75, 3.05) is 0 Å². The lowest BCUT2D eigenvalue weighted by Gasteiger charge is -2.04. The fourth-order valence-corrected chi connectivity index (χ4v) is 3.85. The second kappa shape index (κ2) is 4.04. The van der Waals surface area contributed by atoms with Crippen molar-refractivity contribution in [3.8, 4) is 0 Å². The maximum Gasteiger partial charge on any atom is 0.261 e. The van der Waals surface area contributed by atoms with Gasteiger partial charge in [0, 0.05) is 10.9 Å². The maximum atomic E-state index is 11.9. The number of nitrogens with two attached hydrogens (primary N) is 1. The third-order valence-corrected chi connectivity index (χ3v) is 5.44. The molecule has 0 radical (unpaired) electrons. The van der Waals surface area contributed by atoms with Crippen LogP contribution in [-0.2, 0) is 10.0 Å². The molecule has 0 spiro atoms. The molecule has 1 fully saturated rings. The van der Waals surface area contributed by atoms with Crippen LogP contribution in [-0.4, -0.2) is 20.4 Å². The number of sulfonamides is 1. The fraction of sp³-hybridized carbons (Fsp3) is 0.545. The molecule has 1 aliphatic rings. The van der Waals surface area contributed by atoms with E-state index in [0.29, 0.717) is 9.75 Å². The van der Waals surface area contributed by atoms with Crippen molar-refractivity contribution >= 4 is 27.3 Å². The lowest BCUT2D eigenvalue weighted by molar-refractivity contribution is 0.0950. The molecule has 1 aliphatic carbocycles. The zero-order valence-electron chi connectivity index (χ0n) is 10.5. The van der Waals surface area contributed by atoms with Gasteiger partial charge in [0.15, 0.2) is 0 Å². The molecule has 1 amide bonds. The number of aryl methyl sites for hydroxylation is 1. The maximum absolute atomic E-state index is 11.9. The van der Waals surface area contributed by atoms with Crippen molar-refractivity contribution in [3.05, 3.63) is 15.8 Å². The van der Waals surface area contributed by atoms with E-state index in [9.17, 15) is 13.2 Å². The topological polar surface area (TPSA) is 89.3 Å². The highest BCUT2D eigenvalue weighted by molar-refractivity contribution is 7.89. The molecule has 0 saturated heterocycles. The molecule has 0 bridgehead atoms. The lowest BCUT2D eigenvalue weighted by Crippen LogP contribution is -2.27. The molecule has 0 aliphatic heterocycles. The van der Waals surface area contributed by atoms with Gasteiger partial charge in [-0.05, 0) is 24.8 Å². The molecule has 1 heterocycles. The Kier molecular flexibility index (Phi) is 3.03. The Morgan fingerprint density at radius 3 is 2.50 bits per heavy atom. The van der Waals surface area contributed by atoms with E-state index < -0.39 is 10.0 Å². The van der Waals surface area contributed by atoms with Gasteiger partial charge < -0.3 is 5.32 Å². The zero-order chi connectivity index (χ0) is 13.7. The number of primary sulfonamides is 1. The third kappa shape index (κ3) is 2.57. The van der Waals surface area contributed by atoms with Crippen LogP contribution in [0.3, 0.4) is 0 Å². The van der Waals surface area contributed by atoms with E-state index in [2.05, 4.69) is 19.2 Å². The smallest absolute Gasteiger partial charge is 0.261 e. The summed E-state index contributed by atoms with van der Waals surface area (Å²) in [6, 6.07) is 1.52. The number of rotatable bonds is 3. The van der Waals surface area contributed by atoms with Crippen molar-refractivity contribution < 1.29 is 13.2 Å². The summed E-state index contributed by atoms with van der Waals surface area (Å²) < 4.78 is 22.6. The van der Waals surface area contributed by atoms with Gasteiger partial charge in [0.1, 0.15) is 0 Å². The fourth-order valence-electron chi connectivity index (χ4n) is 1.80. The third-order valence-electron chi connectivity index (χ3n) is 3.22. The first-order valence-corrected chi connectivity index (χ1v) is 7.91. The molecule has 100 valence electrons. The van der Waals surface area contributed by atoms with Crippen LogP contribution in [0.4, 0.5) is 0 Å². The summed E-state index contributed by atoms with van der Waals surface area (Å²) in [5, 5.41) is 7.96. The van der Waals surface area contributed by atoms with E-state index in [4.69, 9.17) is 5.14 Å². The van der Waals surface area contributed by atoms with Gasteiger partial charge in [-0.2, -0.15) is 0 Å². The van der Waals surface area contributed by atoms with E-state index in [1.165, 1.54) is 6.07 Å². The first kappa shape index (κ1) is 13.5. The number of hydrogen-bond donors (Lipinski definition) is 2. The minimum absolute atomic E-state index is 0.0349. The molecule has 18 heavy (non-hydrogen) atoms. The Hall–Kier alpha value is -0.920. The summed E-state index contributed by atoms with van der Waals surface area (Å²) in [5.74, 6) is -0.228. The van der Waals surface area contributed by atoms with Gasteiger partial charge in [0.2, 0.25) is 10.0 Å². The Morgan fingerprint density at radius 1 is 1.56 bits per heavy atom. The van der Waals surface area contributed by atoms with Crippen molar-refractivity contribution in [1.82, 2.24) is 5.32 Å². The first-order valence-electron chi connectivity index (χ1n) is 5.55. The Bertz CT molecular complexity index is 602. The predicted molar refractivity (Wildman–Crippen MR) is 70.1 cm³/mol. The lowest BCUT2D eigenvalue weighted by atomic mass is 10.2. The average molecular weight is 288 g/mol. The monoisotopic (exact) mass is 288 g/mol. The molecule has 1 unspecified atom stereocenters. The summed E-state index contributed by atoms with van der Waals surface area (Å²) >= 11 is 1.15. The molecule has 1 aromatic heterocycles. The molecule has 5 nitrogen and oxygen atoms in total. The average Bonchev–Trinajstić information content (AvgIpc) is 2.62. The van der Waals surface area contributed by atoms with E-state index >= 15 is 0 Å². The van der Waals surface area contributed by atoms with Crippen LogP contribution in [0.25, 0.3) is 0 Å². The number of hydrogen-bond acceptors (Lipinski definition) is 4. The van der Waals surface area contributed by atoms with Gasteiger partial charge in [-0.15, -0.1) is 11.3 Å². The minimum atomic E-state index is -3.75. The molecule has 1 aromatic rings. The van der Waals surface area contributed by atoms with Crippen LogP contribution < -0.4 is 10.5 Å². The Labute approximate surface area is 110 Å². The van der Waals surface area contributed by atoms with Gasteiger partial charge in [-0.25, -0.2) is 13.6 Å². The highest BCUT2D eigenvalue weighted by atomic mass is 32.2. The number of nitrogens with one attached hydrogen (secondary N) is 1. The molecular formula is C11H16N2O3S2. The van der Waals surface area contributed by atoms with Gasteiger partial charge in [0.25, 0.3) is 5.91 Å². The number of carbonyl (C=O) groups is 1. The van der Waals surface area contributed by atoms with E-state index in [1.807, 2.05) is 0 Å². The molecule has 1 atom stereocenters. The Morgan fingerprint density at radius 2 is 2.11 bits per heavy atom. The van der Waals surface area contributed by atoms with Crippen LogP contribution >= 0.6 is 11.3 Å². The highest BCUT2D eigenvalue weighted by Crippen LogP contribution is 2.44. The second-order valence-electron chi connectivity index (χ2n) is 5.29. The number of thiophene rings is 1. The second-order valence-corrected chi connectivity index (χ2v) is 8.08. The first-order chi connectivity index (χ1) is 8.11. The van der Waals surface area contributed by atoms with E-state index in [0.717, 1.165) is 17.8 Å². The summed E-state index contributed by atoms with van der Waals surface area (Å²) in [7, 11) is -3.75. The molecule has 3 N–H and O–H groups in total. The van der Waals surface area contributed by atoms with E-state index in [-0.39, 0.29) is 22.3 Å². The normalized spacial score (nSPS) is 21.7. The quantitative estimate of drug-likeness (QED) is 0.876. The molecule has 1 saturated carbocycles.